The maximum absolute atomic E-state index is 4.29. The third-order valence-electron chi connectivity index (χ3n) is 3.04. The lowest BCUT2D eigenvalue weighted by molar-refractivity contribution is 0.632. The fraction of sp³-hybridized carbons (Fsp3) is 0.467. The molecule has 0 aliphatic rings. The highest BCUT2D eigenvalue weighted by Gasteiger charge is 2.03. The quantitative estimate of drug-likeness (QED) is 0.599. The second-order valence-electron chi connectivity index (χ2n) is 4.60. The van der Waals surface area contributed by atoms with Crippen molar-refractivity contribution in [3.8, 4) is 0 Å². The summed E-state index contributed by atoms with van der Waals surface area (Å²) < 4.78 is 1.94. The van der Waals surface area contributed by atoms with Gasteiger partial charge in [0.1, 0.15) is 12.2 Å². The van der Waals surface area contributed by atoms with E-state index in [1.807, 2.05) is 4.68 Å². The van der Waals surface area contributed by atoms with Crippen molar-refractivity contribution in [1.82, 2.24) is 20.1 Å². The van der Waals surface area contributed by atoms with Crippen LogP contribution in [0, 0.1) is 0 Å². The van der Waals surface area contributed by atoms with Crippen LogP contribution in [0.5, 0.6) is 0 Å². The van der Waals surface area contributed by atoms with Crippen molar-refractivity contribution in [2.45, 2.75) is 44.0 Å². The molecule has 0 fully saturated rings. The summed E-state index contributed by atoms with van der Waals surface area (Å²) >= 11 is 1.80. The SMILES string of the molecule is CCCNCc1ccc(SCc2ncnn2CC)cc1. The van der Waals surface area contributed by atoms with E-state index in [2.05, 4.69) is 53.5 Å². The van der Waals surface area contributed by atoms with E-state index in [0.29, 0.717) is 0 Å². The molecule has 0 amide bonds. The minimum Gasteiger partial charge on any atom is -0.313 e. The maximum atomic E-state index is 4.29. The summed E-state index contributed by atoms with van der Waals surface area (Å²) in [5.74, 6) is 1.90. The molecule has 0 saturated heterocycles. The van der Waals surface area contributed by atoms with E-state index >= 15 is 0 Å². The van der Waals surface area contributed by atoms with Gasteiger partial charge in [0, 0.05) is 18.0 Å². The normalized spacial score (nSPS) is 10.9. The number of benzene rings is 1. The number of aromatic nitrogens is 3. The van der Waals surface area contributed by atoms with Crippen LogP contribution in [0.15, 0.2) is 35.5 Å². The molecule has 20 heavy (non-hydrogen) atoms. The molecule has 0 bridgehead atoms. The van der Waals surface area contributed by atoms with E-state index < -0.39 is 0 Å². The predicted octanol–water partition coefficient (Wildman–Crippen LogP) is 3.09. The lowest BCUT2D eigenvalue weighted by atomic mass is 10.2. The Morgan fingerprint density at radius 3 is 2.70 bits per heavy atom. The van der Waals surface area contributed by atoms with Gasteiger partial charge >= 0.3 is 0 Å². The zero-order valence-corrected chi connectivity index (χ0v) is 13.0. The average molecular weight is 290 g/mol. The average Bonchev–Trinajstić information content (AvgIpc) is 2.94. The number of rotatable bonds is 8. The summed E-state index contributed by atoms with van der Waals surface area (Å²) in [6, 6.07) is 8.74. The van der Waals surface area contributed by atoms with Crippen LogP contribution in [0.25, 0.3) is 0 Å². The van der Waals surface area contributed by atoms with Crippen LogP contribution in [-0.2, 0) is 18.8 Å². The highest BCUT2D eigenvalue weighted by Crippen LogP contribution is 2.22. The second kappa shape index (κ2) is 8.07. The van der Waals surface area contributed by atoms with Gasteiger partial charge in [-0.3, -0.25) is 0 Å². The number of aryl methyl sites for hydroxylation is 1. The Morgan fingerprint density at radius 1 is 1.20 bits per heavy atom. The van der Waals surface area contributed by atoms with Crippen molar-refractivity contribution in [3.63, 3.8) is 0 Å². The number of nitrogens with one attached hydrogen (secondary N) is 1. The van der Waals surface area contributed by atoms with Crippen molar-refractivity contribution in [2.75, 3.05) is 6.54 Å². The molecule has 0 aliphatic heterocycles. The van der Waals surface area contributed by atoms with Crippen LogP contribution in [0.3, 0.4) is 0 Å². The van der Waals surface area contributed by atoms with E-state index in [4.69, 9.17) is 0 Å². The molecule has 0 atom stereocenters. The zero-order valence-electron chi connectivity index (χ0n) is 12.2. The molecule has 0 radical (unpaired) electrons. The molecule has 108 valence electrons. The summed E-state index contributed by atoms with van der Waals surface area (Å²) in [6.07, 6.45) is 2.80. The Labute approximate surface area is 125 Å². The van der Waals surface area contributed by atoms with Crippen molar-refractivity contribution in [2.24, 2.45) is 0 Å². The van der Waals surface area contributed by atoms with Crippen molar-refractivity contribution in [3.05, 3.63) is 42.0 Å². The molecule has 0 aliphatic carbocycles. The fourth-order valence-electron chi connectivity index (χ4n) is 1.92. The van der Waals surface area contributed by atoms with Gasteiger partial charge in [0.2, 0.25) is 0 Å². The van der Waals surface area contributed by atoms with Crippen molar-refractivity contribution >= 4 is 11.8 Å². The lowest BCUT2D eigenvalue weighted by Crippen LogP contribution is -2.13. The maximum Gasteiger partial charge on any atom is 0.138 e. The van der Waals surface area contributed by atoms with Gasteiger partial charge in [0.15, 0.2) is 0 Å². The Morgan fingerprint density at radius 2 is 2.00 bits per heavy atom. The van der Waals surface area contributed by atoms with Crippen LogP contribution in [0.4, 0.5) is 0 Å². The zero-order chi connectivity index (χ0) is 14.2. The smallest absolute Gasteiger partial charge is 0.138 e. The fourth-order valence-corrected chi connectivity index (χ4v) is 2.77. The summed E-state index contributed by atoms with van der Waals surface area (Å²) in [5.41, 5.74) is 1.33. The van der Waals surface area contributed by atoms with Gasteiger partial charge in [-0.15, -0.1) is 11.8 Å². The third kappa shape index (κ3) is 4.35. The monoisotopic (exact) mass is 290 g/mol. The van der Waals surface area contributed by atoms with Crippen molar-refractivity contribution in [1.29, 1.82) is 0 Å². The number of hydrogen-bond acceptors (Lipinski definition) is 4. The van der Waals surface area contributed by atoms with Crippen LogP contribution in [0.1, 0.15) is 31.7 Å². The summed E-state index contributed by atoms with van der Waals surface area (Å²) in [5, 5.41) is 7.60. The molecule has 2 aromatic rings. The number of hydrogen-bond donors (Lipinski definition) is 1. The van der Waals surface area contributed by atoms with E-state index in [1.54, 1.807) is 18.1 Å². The first-order valence-electron chi connectivity index (χ1n) is 7.12. The van der Waals surface area contributed by atoms with Gasteiger partial charge in [-0.05, 0) is 37.6 Å². The standard InChI is InChI=1S/C15H22N4S/c1-3-9-16-10-13-5-7-14(8-6-13)20-11-15-17-12-18-19(15)4-2/h5-8,12,16H,3-4,9-11H2,1-2H3. The van der Waals surface area contributed by atoms with Gasteiger partial charge in [0.25, 0.3) is 0 Å². The second-order valence-corrected chi connectivity index (χ2v) is 5.65. The van der Waals surface area contributed by atoms with Crippen LogP contribution >= 0.6 is 11.8 Å². The number of nitrogens with zero attached hydrogens (tertiary/aromatic N) is 3. The van der Waals surface area contributed by atoms with E-state index in [1.165, 1.54) is 16.9 Å². The highest BCUT2D eigenvalue weighted by molar-refractivity contribution is 7.98. The molecule has 1 N–H and O–H groups in total. The molecular weight excluding hydrogens is 268 g/mol. The van der Waals surface area contributed by atoms with Gasteiger partial charge in [-0.2, -0.15) is 5.10 Å². The molecule has 2 rings (SSSR count). The Balaban J connectivity index is 1.84. The lowest BCUT2D eigenvalue weighted by Gasteiger charge is -2.06. The largest absolute Gasteiger partial charge is 0.313 e. The summed E-state index contributed by atoms with van der Waals surface area (Å²) in [6.45, 7) is 7.16. The molecule has 1 heterocycles. The third-order valence-corrected chi connectivity index (χ3v) is 4.05. The van der Waals surface area contributed by atoms with E-state index in [9.17, 15) is 0 Å². The topological polar surface area (TPSA) is 42.7 Å². The highest BCUT2D eigenvalue weighted by atomic mass is 32.2. The molecule has 1 aromatic carbocycles. The molecule has 4 nitrogen and oxygen atoms in total. The van der Waals surface area contributed by atoms with Gasteiger partial charge in [-0.25, -0.2) is 9.67 Å². The molecule has 1 aromatic heterocycles. The number of thioether (sulfide) groups is 1. The van der Waals surface area contributed by atoms with E-state index in [-0.39, 0.29) is 0 Å². The van der Waals surface area contributed by atoms with Gasteiger partial charge < -0.3 is 5.32 Å². The first-order valence-corrected chi connectivity index (χ1v) is 8.11. The summed E-state index contributed by atoms with van der Waals surface area (Å²) in [7, 11) is 0. The minimum absolute atomic E-state index is 0.862. The predicted molar refractivity (Wildman–Crippen MR) is 83.7 cm³/mol. The van der Waals surface area contributed by atoms with Gasteiger partial charge in [-0.1, -0.05) is 19.1 Å². The van der Waals surface area contributed by atoms with Crippen molar-refractivity contribution < 1.29 is 0 Å². The molecule has 5 heteroatoms. The molecule has 0 unspecified atom stereocenters. The molecular formula is C15H22N4S. The van der Waals surface area contributed by atoms with Gasteiger partial charge in [0.05, 0.1) is 5.75 Å². The van der Waals surface area contributed by atoms with Crippen LogP contribution < -0.4 is 5.32 Å². The molecule has 0 spiro atoms. The minimum atomic E-state index is 0.862. The molecule has 0 saturated carbocycles. The first-order chi connectivity index (χ1) is 9.83. The van der Waals surface area contributed by atoms with Crippen LogP contribution in [-0.4, -0.2) is 21.3 Å². The Kier molecular flexibility index (Phi) is 6.08. The van der Waals surface area contributed by atoms with Crippen LogP contribution in [0.2, 0.25) is 0 Å². The Bertz CT molecular complexity index is 507. The summed E-state index contributed by atoms with van der Waals surface area (Å²) in [4.78, 5) is 5.56. The first kappa shape index (κ1) is 15.1. The Hall–Kier alpha value is -1.33. The van der Waals surface area contributed by atoms with E-state index in [0.717, 1.165) is 31.2 Å².